The van der Waals surface area contributed by atoms with E-state index in [1.807, 2.05) is 42.6 Å². The Bertz CT molecular complexity index is 2250. The fourth-order valence-corrected chi connectivity index (χ4v) is 6.03. The van der Waals surface area contributed by atoms with E-state index in [-0.39, 0.29) is 0 Å². The van der Waals surface area contributed by atoms with E-state index in [9.17, 15) is 0 Å². The molecule has 50 heavy (non-hydrogen) atoms. The first-order chi connectivity index (χ1) is 24.7. The number of nitrogens with one attached hydrogen (secondary N) is 2. The van der Waals surface area contributed by atoms with Gasteiger partial charge < -0.3 is 10.6 Å². The highest BCUT2D eigenvalue weighted by molar-refractivity contribution is 5.89. The molecule has 240 valence electrons. The Morgan fingerprint density at radius 3 is 1.74 bits per heavy atom. The lowest BCUT2D eigenvalue weighted by atomic mass is 9.95. The monoisotopic (exact) mass is 642 g/mol. The molecule has 0 heterocycles. The lowest BCUT2D eigenvalue weighted by Crippen LogP contribution is -1.94. The summed E-state index contributed by atoms with van der Waals surface area (Å²) in [6, 6.07) is 65.5. The van der Waals surface area contributed by atoms with Gasteiger partial charge in [0.2, 0.25) is 0 Å². The molecule has 0 aliphatic heterocycles. The number of hydrogen-bond donors (Lipinski definition) is 2. The first-order valence-corrected chi connectivity index (χ1v) is 16.9. The zero-order chi connectivity index (χ0) is 34.0. The summed E-state index contributed by atoms with van der Waals surface area (Å²) in [5.74, 6) is 0. The SMILES string of the molecule is C=C(/C=C(\C=C/Nc1ccccc1)c1cccc(-c2ccccc2Nc2ccc(-c3cccc(-c4ccccc4)c3)cc2)c1)c1ccccc1. The average molecular weight is 643 g/mol. The topological polar surface area (TPSA) is 24.1 Å². The van der Waals surface area contributed by atoms with Gasteiger partial charge in [0.05, 0.1) is 0 Å². The van der Waals surface area contributed by atoms with Crippen molar-refractivity contribution in [2.45, 2.75) is 0 Å². The fourth-order valence-electron chi connectivity index (χ4n) is 6.03. The van der Waals surface area contributed by atoms with Crippen molar-refractivity contribution in [2.75, 3.05) is 10.6 Å². The highest BCUT2D eigenvalue weighted by Crippen LogP contribution is 2.34. The molecule has 2 nitrogen and oxygen atoms in total. The second kappa shape index (κ2) is 15.5. The van der Waals surface area contributed by atoms with Crippen LogP contribution in [-0.4, -0.2) is 0 Å². The van der Waals surface area contributed by atoms with E-state index in [1.54, 1.807) is 0 Å². The molecule has 0 saturated carbocycles. The van der Waals surface area contributed by atoms with Crippen molar-refractivity contribution in [1.82, 2.24) is 0 Å². The average Bonchev–Trinajstić information content (AvgIpc) is 3.19. The van der Waals surface area contributed by atoms with E-state index in [0.29, 0.717) is 0 Å². The molecule has 0 unspecified atom stereocenters. The van der Waals surface area contributed by atoms with Gasteiger partial charge in [-0.1, -0.05) is 152 Å². The number of para-hydroxylation sites is 2. The molecule has 0 spiro atoms. The van der Waals surface area contributed by atoms with Crippen LogP contribution in [0.3, 0.4) is 0 Å². The number of hydrogen-bond acceptors (Lipinski definition) is 2. The van der Waals surface area contributed by atoms with Crippen molar-refractivity contribution in [3.63, 3.8) is 0 Å². The van der Waals surface area contributed by atoms with Crippen LogP contribution in [0, 0.1) is 0 Å². The van der Waals surface area contributed by atoms with Crippen molar-refractivity contribution < 1.29 is 0 Å². The normalized spacial score (nSPS) is 11.3. The summed E-state index contributed by atoms with van der Waals surface area (Å²) in [5.41, 5.74) is 14.4. The van der Waals surface area contributed by atoms with Gasteiger partial charge in [-0.15, -0.1) is 0 Å². The molecular formula is C48H38N2. The molecular weight excluding hydrogens is 605 g/mol. The standard InChI is InChI=1S/C48H38N2/c1-36(37-15-5-2-6-16-37)33-43(31-32-49-45-23-9-4-10-24-45)42-21-14-22-44(35-42)47-25-11-12-26-48(47)50-46-29-27-39(28-30-46)41-20-13-19-40(34-41)38-17-7-3-8-18-38/h2-35,49-50H,1H2/b32-31-,43-33+. The van der Waals surface area contributed by atoms with E-state index >= 15 is 0 Å². The van der Waals surface area contributed by atoms with Gasteiger partial charge in [0.25, 0.3) is 0 Å². The summed E-state index contributed by atoms with van der Waals surface area (Å²) in [6.07, 6.45) is 6.25. The van der Waals surface area contributed by atoms with Gasteiger partial charge in [-0.05, 0) is 105 Å². The molecule has 0 aliphatic rings. The zero-order valence-corrected chi connectivity index (χ0v) is 27.8. The van der Waals surface area contributed by atoms with Gasteiger partial charge in [0.15, 0.2) is 0 Å². The second-order valence-electron chi connectivity index (χ2n) is 12.1. The van der Waals surface area contributed by atoms with Crippen LogP contribution < -0.4 is 10.6 Å². The minimum Gasteiger partial charge on any atom is -0.362 e. The second-order valence-corrected chi connectivity index (χ2v) is 12.1. The lowest BCUT2D eigenvalue weighted by Gasteiger charge is -2.14. The summed E-state index contributed by atoms with van der Waals surface area (Å²) >= 11 is 0. The molecule has 7 aromatic rings. The van der Waals surface area contributed by atoms with Crippen LogP contribution in [0.25, 0.3) is 44.5 Å². The van der Waals surface area contributed by atoms with Crippen LogP contribution in [0.4, 0.5) is 17.1 Å². The molecule has 2 heteroatoms. The minimum atomic E-state index is 0.952. The minimum absolute atomic E-state index is 0.952. The molecule has 0 amide bonds. The molecule has 0 aromatic heterocycles. The number of rotatable bonds is 11. The van der Waals surface area contributed by atoms with E-state index in [0.717, 1.165) is 50.5 Å². The molecule has 0 aliphatic carbocycles. The molecule has 0 radical (unpaired) electrons. The lowest BCUT2D eigenvalue weighted by molar-refractivity contribution is 1.51. The Morgan fingerprint density at radius 2 is 1.00 bits per heavy atom. The van der Waals surface area contributed by atoms with Crippen molar-refractivity contribution >= 4 is 28.2 Å². The number of anilines is 3. The third-order valence-electron chi connectivity index (χ3n) is 8.66. The van der Waals surface area contributed by atoms with Crippen LogP contribution in [0.1, 0.15) is 11.1 Å². The van der Waals surface area contributed by atoms with Crippen LogP contribution in [0.15, 0.2) is 213 Å². The Balaban J connectivity index is 1.15. The Morgan fingerprint density at radius 1 is 0.440 bits per heavy atom. The molecule has 2 N–H and O–H groups in total. The van der Waals surface area contributed by atoms with Gasteiger partial charge >= 0.3 is 0 Å². The van der Waals surface area contributed by atoms with Crippen LogP contribution in [0.5, 0.6) is 0 Å². The quantitative estimate of drug-likeness (QED) is 0.137. The first kappa shape index (κ1) is 31.9. The first-order valence-electron chi connectivity index (χ1n) is 16.9. The molecule has 7 rings (SSSR count). The summed E-state index contributed by atoms with van der Waals surface area (Å²) < 4.78 is 0. The zero-order valence-electron chi connectivity index (χ0n) is 27.8. The molecule has 0 saturated heterocycles. The third-order valence-corrected chi connectivity index (χ3v) is 8.66. The third kappa shape index (κ3) is 7.90. The van der Waals surface area contributed by atoms with E-state index in [2.05, 4.69) is 181 Å². The summed E-state index contributed by atoms with van der Waals surface area (Å²) in [7, 11) is 0. The van der Waals surface area contributed by atoms with Gasteiger partial charge in [-0.25, -0.2) is 0 Å². The van der Waals surface area contributed by atoms with Gasteiger partial charge in [-0.2, -0.15) is 0 Å². The molecule has 0 bridgehead atoms. The predicted molar refractivity (Wildman–Crippen MR) is 215 cm³/mol. The van der Waals surface area contributed by atoms with E-state index in [4.69, 9.17) is 0 Å². The Kier molecular flexibility index (Phi) is 9.90. The Hall–Kier alpha value is -6.64. The van der Waals surface area contributed by atoms with Gasteiger partial charge in [0, 0.05) is 28.8 Å². The van der Waals surface area contributed by atoms with Crippen LogP contribution in [-0.2, 0) is 0 Å². The van der Waals surface area contributed by atoms with Crippen LogP contribution >= 0.6 is 0 Å². The van der Waals surface area contributed by atoms with E-state index in [1.165, 1.54) is 22.3 Å². The summed E-state index contributed by atoms with van der Waals surface area (Å²) in [6.45, 7) is 4.40. The largest absolute Gasteiger partial charge is 0.362 e. The Labute approximate surface area is 295 Å². The molecule has 0 atom stereocenters. The van der Waals surface area contributed by atoms with Crippen molar-refractivity contribution in [3.05, 3.63) is 224 Å². The van der Waals surface area contributed by atoms with Crippen molar-refractivity contribution in [3.8, 4) is 33.4 Å². The summed E-state index contributed by atoms with van der Waals surface area (Å²) in [4.78, 5) is 0. The van der Waals surface area contributed by atoms with Crippen LogP contribution in [0.2, 0.25) is 0 Å². The van der Waals surface area contributed by atoms with Gasteiger partial charge in [-0.3, -0.25) is 0 Å². The van der Waals surface area contributed by atoms with Crippen molar-refractivity contribution in [2.24, 2.45) is 0 Å². The molecule has 7 aromatic carbocycles. The number of allylic oxidation sites excluding steroid dienone is 4. The highest BCUT2D eigenvalue weighted by Gasteiger charge is 2.09. The number of benzene rings is 7. The predicted octanol–water partition coefficient (Wildman–Crippen LogP) is 13.2. The smallest absolute Gasteiger partial charge is 0.0463 e. The fraction of sp³-hybridized carbons (Fsp3) is 0. The maximum absolute atomic E-state index is 4.40. The maximum Gasteiger partial charge on any atom is 0.0463 e. The van der Waals surface area contributed by atoms with E-state index < -0.39 is 0 Å². The van der Waals surface area contributed by atoms with Gasteiger partial charge in [0.1, 0.15) is 0 Å². The summed E-state index contributed by atoms with van der Waals surface area (Å²) in [5, 5.41) is 7.09. The van der Waals surface area contributed by atoms with Crippen molar-refractivity contribution in [1.29, 1.82) is 0 Å². The molecule has 0 fully saturated rings. The maximum atomic E-state index is 4.40. The highest BCUT2D eigenvalue weighted by atomic mass is 14.9.